The third-order valence-corrected chi connectivity index (χ3v) is 6.41. The van der Waals surface area contributed by atoms with Gasteiger partial charge in [-0.25, -0.2) is 14.3 Å². The van der Waals surface area contributed by atoms with Crippen molar-refractivity contribution in [2.45, 2.75) is 20.3 Å². The van der Waals surface area contributed by atoms with Crippen molar-refractivity contribution in [3.63, 3.8) is 0 Å². The first-order chi connectivity index (χ1) is 12.1. The third-order valence-electron chi connectivity index (χ3n) is 3.60. The van der Waals surface area contributed by atoms with Crippen molar-refractivity contribution in [3.8, 4) is 0 Å². The van der Waals surface area contributed by atoms with Gasteiger partial charge in [0.25, 0.3) is 0 Å². The van der Waals surface area contributed by atoms with Gasteiger partial charge in [-0.2, -0.15) is 0 Å². The van der Waals surface area contributed by atoms with Crippen molar-refractivity contribution in [3.05, 3.63) is 22.6 Å². The van der Waals surface area contributed by atoms with Crippen molar-refractivity contribution in [2.75, 3.05) is 43.5 Å². The summed E-state index contributed by atoms with van der Waals surface area (Å²) >= 11 is 0. The molecule has 1 amide bonds. The van der Waals surface area contributed by atoms with Crippen molar-refractivity contribution >= 4 is 39.7 Å². The number of hydrogen-bond donors (Lipinski definition) is 2. The molecule has 0 radical (unpaired) electrons. The molecule has 2 rings (SSSR count). The molecule has 0 aliphatic carbocycles. The zero-order valence-corrected chi connectivity index (χ0v) is 16.0. The van der Waals surface area contributed by atoms with Gasteiger partial charge in [-0.3, -0.25) is 9.69 Å². The molecule has 0 saturated carbocycles. The van der Waals surface area contributed by atoms with Gasteiger partial charge >= 0.3 is 0 Å². The van der Waals surface area contributed by atoms with Gasteiger partial charge in [-0.1, -0.05) is 0 Å². The number of aryl methyl sites for hydroxylation is 1. The number of allylic oxidation sites excluding steroid dienone is 1. The average Bonchev–Trinajstić information content (AvgIpc) is 2.61. The average molecular weight is 386 g/mol. The van der Waals surface area contributed by atoms with Crippen LogP contribution in [0.1, 0.15) is 19.2 Å². The highest BCUT2D eigenvalue weighted by atomic mass is 33.1. The molecule has 1 fully saturated rings. The number of aliphatic hydroxyl groups excluding tert-OH is 1. The van der Waals surface area contributed by atoms with Gasteiger partial charge in [-0.05, 0) is 35.6 Å². The van der Waals surface area contributed by atoms with Crippen LogP contribution in [0.25, 0.3) is 0 Å². The fraction of sp³-hybridized carbons (Fsp3) is 0.533. The van der Waals surface area contributed by atoms with E-state index in [9.17, 15) is 9.90 Å². The maximum atomic E-state index is 11.7. The van der Waals surface area contributed by atoms with E-state index in [0.29, 0.717) is 43.3 Å². The molecule has 138 valence electrons. The first-order valence-electron chi connectivity index (χ1n) is 7.88. The lowest BCUT2D eigenvalue weighted by Gasteiger charge is -2.26. The Kier molecular flexibility index (Phi) is 7.97. The van der Waals surface area contributed by atoms with E-state index in [4.69, 9.17) is 10.5 Å². The quantitative estimate of drug-likeness (QED) is 0.392. The van der Waals surface area contributed by atoms with Crippen LogP contribution in [0.2, 0.25) is 0 Å². The van der Waals surface area contributed by atoms with E-state index < -0.39 is 0 Å². The van der Waals surface area contributed by atoms with E-state index in [-0.39, 0.29) is 12.4 Å². The lowest BCUT2D eigenvalue weighted by atomic mass is 10.3. The van der Waals surface area contributed by atoms with Crippen LogP contribution in [-0.4, -0.2) is 58.7 Å². The highest BCUT2D eigenvalue weighted by molar-refractivity contribution is 8.77. The topological polar surface area (TPSA) is 105 Å². The number of anilines is 2. The van der Waals surface area contributed by atoms with Crippen LogP contribution in [0.5, 0.6) is 0 Å². The Hall–Kier alpha value is -1.33. The van der Waals surface area contributed by atoms with Crippen molar-refractivity contribution in [2.24, 2.45) is 0 Å². The van der Waals surface area contributed by atoms with Gasteiger partial charge < -0.3 is 15.6 Å². The number of ether oxygens (including phenoxy) is 1. The Balaban J connectivity index is 2.20. The lowest BCUT2D eigenvalue weighted by molar-refractivity contribution is -0.107. The molecule has 0 unspecified atom stereocenters. The zero-order valence-electron chi connectivity index (χ0n) is 14.3. The number of carbonyl (C=O) groups excluding carboxylic acids is 1. The molecule has 0 spiro atoms. The van der Waals surface area contributed by atoms with Crippen LogP contribution in [-0.2, 0) is 9.53 Å². The van der Waals surface area contributed by atoms with E-state index in [1.165, 1.54) is 21.9 Å². The maximum Gasteiger partial charge on any atom is 0.218 e. The molecular weight excluding hydrogens is 362 g/mol. The summed E-state index contributed by atoms with van der Waals surface area (Å²) in [5, 5.41) is 9.39. The van der Waals surface area contributed by atoms with Gasteiger partial charge in [0.15, 0.2) is 5.82 Å². The second kappa shape index (κ2) is 9.97. The Morgan fingerprint density at radius 1 is 1.52 bits per heavy atom. The molecule has 1 aliphatic rings. The summed E-state index contributed by atoms with van der Waals surface area (Å²) in [4.78, 5) is 22.2. The first-order valence-corrected chi connectivity index (χ1v) is 9.99. The SMILES string of the molecule is CC(=C(CCO)SSN1CCOCC1)N(C=O)c1cnc(C)nc1N. The normalized spacial score (nSPS) is 16.4. The van der Waals surface area contributed by atoms with Crippen molar-refractivity contribution < 1.29 is 14.6 Å². The second-order valence-corrected chi connectivity index (χ2v) is 7.62. The summed E-state index contributed by atoms with van der Waals surface area (Å²) < 4.78 is 7.54. The molecule has 2 heterocycles. The zero-order chi connectivity index (χ0) is 18.2. The second-order valence-electron chi connectivity index (χ2n) is 5.34. The molecule has 1 saturated heterocycles. The Labute approximate surface area is 155 Å². The van der Waals surface area contributed by atoms with Gasteiger partial charge in [0.2, 0.25) is 6.41 Å². The number of rotatable bonds is 8. The fourth-order valence-corrected chi connectivity index (χ4v) is 4.75. The molecule has 0 aromatic carbocycles. The molecule has 1 aromatic rings. The Morgan fingerprint density at radius 3 is 2.84 bits per heavy atom. The van der Waals surface area contributed by atoms with Gasteiger partial charge in [-0.15, -0.1) is 0 Å². The van der Waals surface area contributed by atoms with Crippen LogP contribution < -0.4 is 10.6 Å². The number of nitrogens with two attached hydrogens (primary N) is 1. The number of nitrogens with zero attached hydrogens (tertiary/aromatic N) is 4. The third kappa shape index (κ3) is 5.58. The van der Waals surface area contributed by atoms with Crippen LogP contribution in [0, 0.1) is 6.92 Å². The Morgan fingerprint density at radius 2 is 2.24 bits per heavy atom. The fourth-order valence-electron chi connectivity index (χ4n) is 2.22. The largest absolute Gasteiger partial charge is 0.396 e. The summed E-state index contributed by atoms with van der Waals surface area (Å²) in [7, 11) is 3.13. The molecule has 3 N–H and O–H groups in total. The molecule has 10 heteroatoms. The van der Waals surface area contributed by atoms with Crippen LogP contribution in [0.4, 0.5) is 11.5 Å². The van der Waals surface area contributed by atoms with E-state index in [1.807, 2.05) is 6.92 Å². The Bertz CT molecular complexity index is 623. The summed E-state index contributed by atoms with van der Waals surface area (Å²) in [5.41, 5.74) is 7.08. The number of hydrogen-bond acceptors (Lipinski definition) is 9. The molecular formula is C15H23N5O3S2. The smallest absolute Gasteiger partial charge is 0.218 e. The van der Waals surface area contributed by atoms with E-state index >= 15 is 0 Å². The minimum atomic E-state index is -0.00405. The highest BCUT2D eigenvalue weighted by Crippen LogP contribution is 2.38. The number of carbonyl (C=O) groups is 1. The molecule has 0 atom stereocenters. The van der Waals surface area contributed by atoms with Crippen molar-refractivity contribution in [1.82, 2.24) is 14.3 Å². The number of aromatic nitrogens is 2. The maximum absolute atomic E-state index is 11.7. The molecule has 8 nitrogen and oxygen atoms in total. The van der Waals surface area contributed by atoms with Crippen molar-refractivity contribution in [1.29, 1.82) is 0 Å². The lowest BCUT2D eigenvalue weighted by Crippen LogP contribution is -2.30. The minimum Gasteiger partial charge on any atom is -0.396 e. The van der Waals surface area contributed by atoms with E-state index in [2.05, 4.69) is 14.3 Å². The van der Waals surface area contributed by atoms with Gasteiger partial charge in [0.05, 0.1) is 19.4 Å². The molecule has 0 bridgehead atoms. The number of nitrogen functional groups attached to an aromatic ring is 1. The number of aliphatic hydroxyl groups is 1. The summed E-state index contributed by atoms with van der Waals surface area (Å²) in [6.45, 7) is 6.67. The summed E-state index contributed by atoms with van der Waals surface area (Å²) in [5.74, 6) is 0.787. The highest BCUT2D eigenvalue weighted by Gasteiger charge is 2.19. The molecule has 25 heavy (non-hydrogen) atoms. The minimum absolute atomic E-state index is 0.00405. The monoisotopic (exact) mass is 385 g/mol. The predicted molar refractivity (Wildman–Crippen MR) is 102 cm³/mol. The standard InChI is InChI=1S/C15H23N5O3S2/c1-11(20(10-22)13-9-17-12(2)18-15(13)16)14(3-6-21)24-25-19-4-7-23-8-5-19/h9-10,21H,3-8H2,1-2H3,(H2,16,17,18). The first kappa shape index (κ1) is 20.0. The van der Waals surface area contributed by atoms with Crippen LogP contribution in [0.15, 0.2) is 16.8 Å². The summed E-state index contributed by atoms with van der Waals surface area (Å²) in [6.07, 6.45) is 2.67. The summed E-state index contributed by atoms with van der Waals surface area (Å²) in [6, 6.07) is 0. The van der Waals surface area contributed by atoms with E-state index in [1.54, 1.807) is 17.9 Å². The van der Waals surface area contributed by atoms with Gasteiger partial charge in [0, 0.05) is 36.7 Å². The van der Waals surface area contributed by atoms with E-state index in [0.717, 1.165) is 18.0 Å². The predicted octanol–water partition coefficient (Wildman–Crippen LogP) is 1.57. The van der Waals surface area contributed by atoms with Gasteiger partial charge in [0.1, 0.15) is 11.5 Å². The van der Waals surface area contributed by atoms with Crippen LogP contribution >= 0.6 is 21.8 Å². The molecule has 1 aromatic heterocycles. The molecule has 1 aliphatic heterocycles. The number of amides is 1. The number of morpholine rings is 1. The van der Waals surface area contributed by atoms with Crippen LogP contribution in [0.3, 0.4) is 0 Å².